The van der Waals surface area contributed by atoms with E-state index in [4.69, 9.17) is 9.97 Å². The number of benzene rings is 6. The van der Waals surface area contributed by atoms with Crippen molar-refractivity contribution >= 4 is 43.6 Å². The van der Waals surface area contributed by atoms with Crippen LogP contribution >= 0.6 is 0 Å². The van der Waals surface area contributed by atoms with Crippen molar-refractivity contribution < 1.29 is 0 Å². The van der Waals surface area contributed by atoms with Crippen LogP contribution in [0.15, 0.2) is 127 Å². The summed E-state index contributed by atoms with van der Waals surface area (Å²) in [6, 6.07) is 45.7. The standard InChI is InChI=1S/C42H33N3/c1-41(2)30-23-22-26-14-8-9-17-28(26)36(30)38-31(42(41,3)4)24-25-35-37(38)29-18-10-13-21-34(29)45(35)40-39(27-15-6-5-7-16-27)43-32-19-11-12-20-33(32)44-40/h5-25H,1-4H3. The highest BCUT2D eigenvalue weighted by Crippen LogP contribution is 2.58. The predicted octanol–water partition coefficient (Wildman–Crippen LogP) is 10.8. The van der Waals surface area contributed by atoms with E-state index < -0.39 is 0 Å². The van der Waals surface area contributed by atoms with E-state index in [-0.39, 0.29) is 10.8 Å². The highest BCUT2D eigenvalue weighted by molar-refractivity contribution is 6.20. The molecule has 6 aromatic carbocycles. The van der Waals surface area contributed by atoms with Gasteiger partial charge in [0.05, 0.1) is 22.1 Å². The normalized spacial score (nSPS) is 15.0. The zero-order valence-electron chi connectivity index (χ0n) is 26.0. The summed E-state index contributed by atoms with van der Waals surface area (Å²) in [5.74, 6) is 0.847. The first kappa shape index (κ1) is 26.2. The summed E-state index contributed by atoms with van der Waals surface area (Å²) < 4.78 is 2.35. The van der Waals surface area contributed by atoms with Gasteiger partial charge in [0.1, 0.15) is 5.69 Å². The molecule has 216 valence electrons. The number of para-hydroxylation sites is 3. The molecule has 1 aliphatic carbocycles. The molecular weight excluding hydrogens is 546 g/mol. The second kappa shape index (κ2) is 9.12. The van der Waals surface area contributed by atoms with Crippen LogP contribution < -0.4 is 0 Å². The van der Waals surface area contributed by atoms with Gasteiger partial charge >= 0.3 is 0 Å². The molecule has 0 amide bonds. The Morgan fingerprint density at radius 1 is 0.489 bits per heavy atom. The Bertz CT molecular complexity index is 2480. The molecule has 3 heteroatoms. The Kier molecular flexibility index (Phi) is 5.30. The lowest BCUT2D eigenvalue weighted by molar-refractivity contribution is 0.300. The van der Waals surface area contributed by atoms with Gasteiger partial charge in [-0.05, 0) is 68.1 Å². The van der Waals surface area contributed by atoms with Crippen molar-refractivity contribution in [1.82, 2.24) is 14.5 Å². The molecule has 0 aliphatic heterocycles. The maximum atomic E-state index is 5.35. The fourth-order valence-corrected chi connectivity index (χ4v) is 7.74. The number of aromatic nitrogens is 3. The largest absolute Gasteiger partial charge is 0.292 e. The second-order valence-electron chi connectivity index (χ2n) is 13.4. The average Bonchev–Trinajstić information content (AvgIpc) is 3.41. The Morgan fingerprint density at radius 2 is 1.09 bits per heavy atom. The van der Waals surface area contributed by atoms with Crippen molar-refractivity contribution in [2.45, 2.75) is 38.5 Å². The van der Waals surface area contributed by atoms with Gasteiger partial charge in [-0.3, -0.25) is 4.57 Å². The number of nitrogens with zero attached hydrogens (tertiary/aromatic N) is 3. The molecule has 8 aromatic rings. The molecule has 0 atom stereocenters. The van der Waals surface area contributed by atoms with Gasteiger partial charge in [-0.2, -0.15) is 0 Å². The molecule has 2 heterocycles. The van der Waals surface area contributed by atoms with Gasteiger partial charge in [0.2, 0.25) is 0 Å². The van der Waals surface area contributed by atoms with Gasteiger partial charge in [-0.1, -0.05) is 131 Å². The fourth-order valence-electron chi connectivity index (χ4n) is 7.74. The third kappa shape index (κ3) is 3.47. The van der Waals surface area contributed by atoms with Crippen LogP contribution in [0, 0.1) is 0 Å². The minimum atomic E-state index is -0.104. The van der Waals surface area contributed by atoms with Crippen LogP contribution in [0.3, 0.4) is 0 Å². The van der Waals surface area contributed by atoms with Crippen LogP contribution in [0.1, 0.15) is 38.8 Å². The summed E-state index contributed by atoms with van der Waals surface area (Å²) in [4.78, 5) is 10.6. The number of hydrogen-bond acceptors (Lipinski definition) is 2. The Balaban J connectivity index is 1.49. The predicted molar refractivity (Wildman–Crippen MR) is 188 cm³/mol. The van der Waals surface area contributed by atoms with E-state index in [2.05, 4.69) is 141 Å². The van der Waals surface area contributed by atoms with Crippen molar-refractivity contribution in [3.8, 4) is 28.2 Å². The summed E-state index contributed by atoms with van der Waals surface area (Å²) >= 11 is 0. The minimum absolute atomic E-state index is 0.0737. The summed E-state index contributed by atoms with van der Waals surface area (Å²) in [6.07, 6.45) is 0. The van der Waals surface area contributed by atoms with Crippen molar-refractivity contribution in [2.24, 2.45) is 0 Å². The molecule has 0 radical (unpaired) electrons. The van der Waals surface area contributed by atoms with Gasteiger partial charge in [0.15, 0.2) is 5.82 Å². The third-order valence-corrected chi connectivity index (χ3v) is 10.7. The Hall–Kier alpha value is -5.28. The van der Waals surface area contributed by atoms with Crippen LogP contribution in [0.4, 0.5) is 0 Å². The van der Waals surface area contributed by atoms with Gasteiger partial charge < -0.3 is 0 Å². The SMILES string of the molecule is CC1(C)c2ccc3ccccc3c2-c2c(ccc3c2c2ccccc2n3-c2nc3ccccc3nc2-c2ccccc2)C1(C)C. The first-order valence-electron chi connectivity index (χ1n) is 15.8. The molecule has 1 aliphatic rings. The summed E-state index contributed by atoms with van der Waals surface area (Å²) in [6.45, 7) is 9.65. The molecular formula is C42H33N3. The van der Waals surface area contributed by atoms with Crippen LogP contribution in [-0.4, -0.2) is 14.5 Å². The van der Waals surface area contributed by atoms with Gasteiger partial charge in [0, 0.05) is 16.3 Å². The topological polar surface area (TPSA) is 30.7 Å². The first-order valence-corrected chi connectivity index (χ1v) is 15.8. The lowest BCUT2D eigenvalue weighted by Gasteiger charge is -2.48. The molecule has 2 aromatic heterocycles. The molecule has 0 saturated heterocycles. The van der Waals surface area contributed by atoms with Gasteiger partial charge in [0.25, 0.3) is 0 Å². The maximum Gasteiger partial charge on any atom is 0.165 e. The zero-order chi connectivity index (χ0) is 30.5. The lowest BCUT2D eigenvalue weighted by atomic mass is 9.54. The average molecular weight is 580 g/mol. The monoisotopic (exact) mass is 579 g/mol. The van der Waals surface area contributed by atoms with E-state index in [1.54, 1.807) is 0 Å². The second-order valence-corrected chi connectivity index (χ2v) is 13.4. The zero-order valence-corrected chi connectivity index (χ0v) is 26.0. The van der Waals surface area contributed by atoms with E-state index >= 15 is 0 Å². The highest BCUT2D eigenvalue weighted by atomic mass is 15.1. The Morgan fingerprint density at radius 3 is 1.87 bits per heavy atom. The van der Waals surface area contributed by atoms with Crippen LogP contribution in [0.2, 0.25) is 0 Å². The van der Waals surface area contributed by atoms with E-state index in [1.807, 2.05) is 18.2 Å². The molecule has 3 nitrogen and oxygen atoms in total. The van der Waals surface area contributed by atoms with E-state index in [1.165, 1.54) is 43.8 Å². The number of hydrogen-bond donors (Lipinski definition) is 0. The smallest absolute Gasteiger partial charge is 0.165 e. The fraction of sp³-hybridized carbons (Fsp3) is 0.143. The quantitative estimate of drug-likeness (QED) is 0.204. The van der Waals surface area contributed by atoms with E-state index in [0.717, 1.165) is 39.1 Å². The van der Waals surface area contributed by atoms with Crippen molar-refractivity contribution in [3.63, 3.8) is 0 Å². The van der Waals surface area contributed by atoms with E-state index in [0.29, 0.717) is 0 Å². The lowest BCUT2D eigenvalue weighted by Crippen LogP contribution is -2.43. The number of fused-ring (bicyclic) bond motifs is 10. The van der Waals surface area contributed by atoms with Crippen LogP contribution in [0.25, 0.3) is 71.8 Å². The molecule has 45 heavy (non-hydrogen) atoms. The molecule has 9 rings (SSSR count). The van der Waals surface area contributed by atoms with Crippen molar-refractivity contribution in [1.29, 1.82) is 0 Å². The molecule has 0 fully saturated rings. The van der Waals surface area contributed by atoms with Crippen LogP contribution in [0.5, 0.6) is 0 Å². The van der Waals surface area contributed by atoms with Crippen molar-refractivity contribution in [2.75, 3.05) is 0 Å². The van der Waals surface area contributed by atoms with Crippen LogP contribution in [-0.2, 0) is 10.8 Å². The molecule has 0 N–H and O–H groups in total. The van der Waals surface area contributed by atoms with Gasteiger partial charge in [-0.15, -0.1) is 0 Å². The minimum Gasteiger partial charge on any atom is -0.292 e. The molecule has 0 unspecified atom stereocenters. The highest BCUT2D eigenvalue weighted by Gasteiger charge is 2.47. The third-order valence-electron chi connectivity index (χ3n) is 10.7. The summed E-state index contributed by atoms with van der Waals surface area (Å²) in [5.41, 5.74) is 11.3. The Labute approximate surface area is 262 Å². The van der Waals surface area contributed by atoms with Crippen molar-refractivity contribution in [3.05, 3.63) is 139 Å². The summed E-state index contributed by atoms with van der Waals surface area (Å²) in [5, 5.41) is 5.08. The van der Waals surface area contributed by atoms with Gasteiger partial charge in [-0.25, -0.2) is 9.97 Å². The maximum absolute atomic E-state index is 5.35. The summed E-state index contributed by atoms with van der Waals surface area (Å²) in [7, 11) is 0. The first-order chi connectivity index (χ1) is 21.9. The molecule has 0 bridgehead atoms. The number of rotatable bonds is 2. The molecule has 0 saturated carbocycles. The molecule has 0 spiro atoms. The van der Waals surface area contributed by atoms with E-state index in [9.17, 15) is 0 Å².